The molecule has 0 aromatic heterocycles. The van der Waals surface area contributed by atoms with Gasteiger partial charge in [0.2, 0.25) is 0 Å². The van der Waals surface area contributed by atoms with Crippen molar-refractivity contribution in [1.82, 2.24) is 9.80 Å². The molecular weight excluding hydrogens is 242 g/mol. The van der Waals surface area contributed by atoms with Gasteiger partial charge in [0.05, 0.1) is 18.2 Å². The second-order valence-electron chi connectivity index (χ2n) is 4.53. The molecule has 0 radical (unpaired) electrons. The predicted molar refractivity (Wildman–Crippen MR) is 70.9 cm³/mol. The van der Waals surface area contributed by atoms with Crippen LogP contribution < -0.4 is 4.74 Å². The van der Waals surface area contributed by atoms with Crippen LogP contribution in [-0.2, 0) is 0 Å². The maximum atomic E-state index is 11.6. The highest BCUT2D eigenvalue weighted by atomic mass is 16.5. The maximum absolute atomic E-state index is 11.6. The van der Waals surface area contributed by atoms with E-state index in [2.05, 4.69) is 6.07 Å². The van der Waals surface area contributed by atoms with Crippen molar-refractivity contribution >= 4 is 6.03 Å². The minimum Gasteiger partial charge on any atom is -0.493 e. The molecule has 1 heterocycles. The second kappa shape index (κ2) is 6.10. The predicted octanol–water partition coefficient (Wildman–Crippen LogP) is 1.69. The quantitative estimate of drug-likeness (QED) is 0.756. The van der Waals surface area contributed by atoms with Crippen molar-refractivity contribution in [2.45, 2.75) is 6.42 Å². The van der Waals surface area contributed by atoms with Gasteiger partial charge in [-0.3, -0.25) is 0 Å². The van der Waals surface area contributed by atoms with E-state index in [-0.39, 0.29) is 6.03 Å². The lowest BCUT2D eigenvalue weighted by Gasteiger charge is -2.15. The van der Waals surface area contributed by atoms with Crippen molar-refractivity contribution in [1.29, 1.82) is 5.26 Å². The molecule has 1 aromatic carbocycles. The van der Waals surface area contributed by atoms with Crippen molar-refractivity contribution in [2.24, 2.45) is 0 Å². The highest BCUT2D eigenvalue weighted by Gasteiger charge is 2.24. The molecule has 19 heavy (non-hydrogen) atoms. The summed E-state index contributed by atoms with van der Waals surface area (Å²) in [5, 5.41) is 8.78. The van der Waals surface area contributed by atoms with E-state index in [0.29, 0.717) is 24.5 Å². The summed E-state index contributed by atoms with van der Waals surface area (Å²) in [5.41, 5.74) is 0.592. The molecule has 1 aliphatic heterocycles. The SMILES string of the molecule is CN1CCN(CCCOc2cccc(C#N)c2)C1=O. The van der Waals surface area contributed by atoms with E-state index in [1.165, 1.54) is 0 Å². The van der Waals surface area contributed by atoms with Crippen molar-refractivity contribution < 1.29 is 9.53 Å². The molecule has 2 rings (SSSR count). The van der Waals surface area contributed by atoms with Crippen LogP contribution in [-0.4, -0.2) is 49.1 Å². The fourth-order valence-electron chi connectivity index (χ4n) is 2.01. The van der Waals surface area contributed by atoms with Crippen molar-refractivity contribution in [3.63, 3.8) is 0 Å². The molecule has 0 N–H and O–H groups in total. The van der Waals surface area contributed by atoms with Crippen LogP contribution in [0.4, 0.5) is 4.79 Å². The summed E-state index contributed by atoms with van der Waals surface area (Å²) in [6.07, 6.45) is 0.788. The average molecular weight is 259 g/mol. The van der Waals surface area contributed by atoms with Crippen LogP contribution in [0.25, 0.3) is 0 Å². The van der Waals surface area contributed by atoms with Crippen LogP contribution in [0.5, 0.6) is 5.75 Å². The number of rotatable bonds is 5. The number of carbonyl (C=O) groups excluding carboxylic acids is 1. The number of nitrogens with zero attached hydrogens (tertiary/aromatic N) is 3. The smallest absolute Gasteiger partial charge is 0.319 e. The van der Waals surface area contributed by atoms with Crippen LogP contribution in [0, 0.1) is 11.3 Å². The summed E-state index contributed by atoms with van der Waals surface area (Å²) < 4.78 is 5.57. The number of carbonyl (C=O) groups is 1. The summed E-state index contributed by atoms with van der Waals surface area (Å²) in [7, 11) is 1.81. The van der Waals surface area contributed by atoms with Crippen LogP contribution >= 0.6 is 0 Å². The van der Waals surface area contributed by atoms with Gasteiger partial charge < -0.3 is 14.5 Å². The molecule has 1 saturated heterocycles. The first-order chi connectivity index (χ1) is 9.20. The van der Waals surface area contributed by atoms with Crippen LogP contribution in [0.3, 0.4) is 0 Å². The standard InChI is InChI=1S/C14H17N3O2/c1-16-7-8-17(14(16)18)6-3-9-19-13-5-2-4-12(10-13)11-15/h2,4-5,10H,3,6-9H2,1H3. The highest BCUT2D eigenvalue weighted by Crippen LogP contribution is 2.13. The normalized spacial score (nSPS) is 14.6. The van der Waals surface area contributed by atoms with E-state index in [1.807, 2.05) is 18.0 Å². The Labute approximate surface area is 113 Å². The van der Waals surface area contributed by atoms with E-state index >= 15 is 0 Å². The highest BCUT2D eigenvalue weighted by molar-refractivity contribution is 5.76. The molecule has 5 heteroatoms. The van der Waals surface area contributed by atoms with Crippen molar-refractivity contribution in [3.05, 3.63) is 29.8 Å². The number of urea groups is 1. The third-order valence-electron chi connectivity index (χ3n) is 3.11. The van der Waals surface area contributed by atoms with Crippen LogP contribution in [0.2, 0.25) is 0 Å². The third kappa shape index (κ3) is 3.38. The van der Waals surface area contributed by atoms with Crippen LogP contribution in [0.15, 0.2) is 24.3 Å². The monoisotopic (exact) mass is 259 g/mol. The van der Waals surface area contributed by atoms with E-state index in [0.717, 1.165) is 19.5 Å². The molecule has 0 bridgehead atoms. The molecule has 1 aromatic rings. The number of nitriles is 1. The zero-order valence-electron chi connectivity index (χ0n) is 11.0. The Balaban J connectivity index is 1.72. The molecule has 0 unspecified atom stereocenters. The fraction of sp³-hybridized carbons (Fsp3) is 0.429. The molecule has 5 nitrogen and oxygen atoms in total. The van der Waals surface area contributed by atoms with Crippen LogP contribution in [0.1, 0.15) is 12.0 Å². The van der Waals surface area contributed by atoms with E-state index in [4.69, 9.17) is 10.00 Å². The zero-order chi connectivity index (χ0) is 13.7. The van der Waals surface area contributed by atoms with Gasteiger partial charge in [-0.05, 0) is 24.6 Å². The Hall–Kier alpha value is -2.22. The Morgan fingerprint density at radius 3 is 2.95 bits per heavy atom. The largest absolute Gasteiger partial charge is 0.493 e. The summed E-state index contributed by atoms with van der Waals surface area (Å²) >= 11 is 0. The first kappa shape index (κ1) is 13.2. The van der Waals surface area contributed by atoms with Gasteiger partial charge in [0.1, 0.15) is 5.75 Å². The molecule has 0 spiro atoms. The number of ether oxygens (including phenoxy) is 1. The zero-order valence-corrected chi connectivity index (χ0v) is 11.0. The first-order valence-electron chi connectivity index (χ1n) is 6.34. The minimum atomic E-state index is 0.0893. The number of likely N-dealkylation sites (N-methyl/N-ethyl adjacent to an activating group) is 1. The number of amides is 2. The number of hydrogen-bond acceptors (Lipinski definition) is 3. The van der Waals surface area contributed by atoms with Gasteiger partial charge in [-0.2, -0.15) is 5.26 Å². The second-order valence-corrected chi connectivity index (χ2v) is 4.53. The van der Waals surface area contributed by atoms with Gasteiger partial charge >= 0.3 is 6.03 Å². The molecular formula is C14H17N3O2. The Bertz CT molecular complexity index is 496. The molecule has 2 amide bonds. The van der Waals surface area contributed by atoms with Gasteiger partial charge in [0.25, 0.3) is 0 Å². The lowest BCUT2D eigenvalue weighted by Crippen LogP contribution is -2.30. The average Bonchev–Trinajstić information content (AvgIpc) is 2.75. The molecule has 100 valence electrons. The topological polar surface area (TPSA) is 56.6 Å². The van der Waals surface area contributed by atoms with Crippen molar-refractivity contribution in [3.8, 4) is 11.8 Å². The van der Waals surface area contributed by atoms with E-state index in [9.17, 15) is 4.79 Å². The summed E-state index contributed by atoms with van der Waals surface area (Å²) in [4.78, 5) is 15.2. The molecule has 0 aliphatic carbocycles. The fourth-order valence-corrected chi connectivity index (χ4v) is 2.01. The molecule has 1 fully saturated rings. The number of benzene rings is 1. The first-order valence-corrected chi connectivity index (χ1v) is 6.34. The van der Waals surface area contributed by atoms with Crippen molar-refractivity contribution in [2.75, 3.05) is 33.3 Å². The number of hydrogen-bond donors (Lipinski definition) is 0. The molecule has 0 atom stereocenters. The summed E-state index contributed by atoms with van der Waals surface area (Å²) in [6, 6.07) is 9.25. The van der Waals surface area contributed by atoms with Gasteiger partial charge in [-0.1, -0.05) is 6.07 Å². The Morgan fingerprint density at radius 1 is 1.42 bits per heavy atom. The Morgan fingerprint density at radius 2 is 2.26 bits per heavy atom. The van der Waals surface area contributed by atoms with Gasteiger partial charge in [-0.15, -0.1) is 0 Å². The van der Waals surface area contributed by atoms with Gasteiger partial charge in [0, 0.05) is 26.7 Å². The van der Waals surface area contributed by atoms with Gasteiger partial charge in [-0.25, -0.2) is 4.79 Å². The minimum absolute atomic E-state index is 0.0893. The molecule has 1 aliphatic rings. The maximum Gasteiger partial charge on any atom is 0.319 e. The van der Waals surface area contributed by atoms with Gasteiger partial charge in [0.15, 0.2) is 0 Å². The lowest BCUT2D eigenvalue weighted by molar-refractivity contribution is 0.194. The molecule has 0 saturated carbocycles. The van der Waals surface area contributed by atoms with E-state index in [1.54, 1.807) is 23.1 Å². The Kier molecular flexibility index (Phi) is 4.24. The summed E-state index contributed by atoms with van der Waals surface area (Å²) in [6.45, 7) is 2.84. The van der Waals surface area contributed by atoms with E-state index < -0.39 is 0 Å². The third-order valence-corrected chi connectivity index (χ3v) is 3.11. The summed E-state index contributed by atoms with van der Waals surface area (Å²) in [5.74, 6) is 0.698. The lowest BCUT2D eigenvalue weighted by atomic mass is 10.2.